The summed E-state index contributed by atoms with van der Waals surface area (Å²) in [6, 6.07) is 6.28. The molecule has 0 radical (unpaired) electrons. The van der Waals surface area contributed by atoms with Crippen LogP contribution in [-0.4, -0.2) is 14.9 Å². The van der Waals surface area contributed by atoms with E-state index in [0.717, 1.165) is 6.42 Å². The molecule has 1 heterocycles. The molecule has 0 unspecified atom stereocenters. The van der Waals surface area contributed by atoms with Crippen molar-refractivity contribution in [2.24, 2.45) is 0 Å². The van der Waals surface area contributed by atoms with Gasteiger partial charge in [0.1, 0.15) is 16.7 Å². The van der Waals surface area contributed by atoms with Crippen LogP contribution in [0.4, 0.5) is 4.39 Å². The lowest BCUT2D eigenvalue weighted by molar-refractivity contribution is 0.280. The van der Waals surface area contributed by atoms with Gasteiger partial charge in [0.2, 0.25) is 0 Å². The van der Waals surface area contributed by atoms with Crippen LogP contribution in [0.5, 0.6) is 0 Å². The van der Waals surface area contributed by atoms with E-state index in [0.29, 0.717) is 23.4 Å². The third kappa shape index (κ3) is 2.26. The maximum absolute atomic E-state index is 13.7. The average Bonchev–Trinajstić information content (AvgIpc) is 2.67. The zero-order valence-corrected chi connectivity index (χ0v) is 10.8. The van der Waals surface area contributed by atoms with Gasteiger partial charge in [-0.25, -0.2) is 9.07 Å². The van der Waals surface area contributed by atoms with Gasteiger partial charge in [-0.3, -0.25) is 0 Å². The topological polar surface area (TPSA) is 38.0 Å². The van der Waals surface area contributed by atoms with Crippen molar-refractivity contribution < 1.29 is 9.50 Å². The molecule has 0 saturated carbocycles. The van der Waals surface area contributed by atoms with Crippen molar-refractivity contribution in [3.8, 4) is 5.69 Å². The van der Waals surface area contributed by atoms with Crippen molar-refractivity contribution in [1.29, 1.82) is 0 Å². The number of aryl methyl sites for hydroxylation is 1. The Kier molecular flexibility index (Phi) is 3.99. The molecule has 0 bridgehead atoms. The summed E-state index contributed by atoms with van der Waals surface area (Å²) < 4.78 is 15.0. The van der Waals surface area contributed by atoms with Crippen LogP contribution in [0.3, 0.4) is 0 Å². The summed E-state index contributed by atoms with van der Waals surface area (Å²) in [5.74, 6) is -0.394. The molecule has 1 aromatic heterocycles. The van der Waals surface area contributed by atoms with Gasteiger partial charge in [-0.05, 0) is 18.6 Å². The highest BCUT2D eigenvalue weighted by Crippen LogP contribution is 2.25. The van der Waals surface area contributed by atoms with E-state index in [4.69, 9.17) is 11.6 Å². The number of hydrogen-bond acceptors (Lipinski definition) is 2. The Bertz CT molecular complexity index is 554. The molecular weight excluding hydrogens is 255 g/mol. The Morgan fingerprint density at radius 2 is 2.11 bits per heavy atom. The van der Waals surface area contributed by atoms with Gasteiger partial charge in [-0.2, -0.15) is 5.10 Å². The van der Waals surface area contributed by atoms with Crippen molar-refractivity contribution in [2.75, 3.05) is 0 Å². The van der Waals surface area contributed by atoms with E-state index < -0.39 is 5.82 Å². The summed E-state index contributed by atoms with van der Waals surface area (Å²) >= 11 is 6.15. The van der Waals surface area contributed by atoms with Crippen LogP contribution >= 0.6 is 11.6 Å². The quantitative estimate of drug-likeness (QED) is 0.925. The van der Waals surface area contributed by atoms with Gasteiger partial charge in [0.25, 0.3) is 0 Å². The molecule has 96 valence electrons. The number of rotatable bonds is 4. The fraction of sp³-hybridized carbons (Fsp3) is 0.308. The molecule has 0 aliphatic carbocycles. The maximum atomic E-state index is 13.7. The summed E-state index contributed by atoms with van der Waals surface area (Å²) in [6.45, 7) is 1.82. The maximum Gasteiger partial charge on any atom is 0.148 e. The van der Waals surface area contributed by atoms with Crippen molar-refractivity contribution in [1.82, 2.24) is 9.78 Å². The molecular formula is C13H14ClFN2O. The zero-order chi connectivity index (χ0) is 13.1. The minimum absolute atomic E-state index is 0.192. The molecule has 0 fully saturated rings. The summed E-state index contributed by atoms with van der Waals surface area (Å²) in [5, 5.41) is 13.9. The predicted molar refractivity (Wildman–Crippen MR) is 68.4 cm³/mol. The predicted octanol–water partition coefficient (Wildman–Crippen LogP) is 3.11. The van der Waals surface area contributed by atoms with Crippen LogP contribution in [0.25, 0.3) is 5.69 Å². The standard InChI is InChI=1S/C13H14ClFN2O/c1-2-5-11-9(8-18)13(14)17(16-11)12-7-4-3-6-10(12)15/h3-4,6-7,18H,2,5,8H2,1H3. The first kappa shape index (κ1) is 13.1. The average molecular weight is 269 g/mol. The Morgan fingerprint density at radius 1 is 1.39 bits per heavy atom. The smallest absolute Gasteiger partial charge is 0.148 e. The molecule has 5 heteroatoms. The summed E-state index contributed by atoms with van der Waals surface area (Å²) in [7, 11) is 0. The molecule has 2 aromatic rings. The van der Waals surface area contributed by atoms with Gasteiger partial charge in [-0.15, -0.1) is 0 Å². The first-order chi connectivity index (χ1) is 8.69. The molecule has 0 saturated heterocycles. The highest BCUT2D eigenvalue weighted by Gasteiger charge is 2.17. The number of hydrogen-bond donors (Lipinski definition) is 1. The summed E-state index contributed by atoms with van der Waals surface area (Å²) in [6.07, 6.45) is 1.59. The van der Waals surface area contributed by atoms with Crippen LogP contribution in [0, 0.1) is 5.82 Å². The van der Waals surface area contributed by atoms with E-state index in [1.54, 1.807) is 18.2 Å². The molecule has 18 heavy (non-hydrogen) atoms. The molecule has 0 aliphatic rings. The van der Waals surface area contributed by atoms with Gasteiger partial charge < -0.3 is 5.11 Å². The Morgan fingerprint density at radius 3 is 2.72 bits per heavy atom. The van der Waals surface area contributed by atoms with E-state index in [2.05, 4.69) is 5.10 Å². The second-order valence-corrected chi connectivity index (χ2v) is 4.35. The van der Waals surface area contributed by atoms with Crippen molar-refractivity contribution in [2.45, 2.75) is 26.4 Å². The highest BCUT2D eigenvalue weighted by molar-refractivity contribution is 6.30. The monoisotopic (exact) mass is 268 g/mol. The molecule has 1 aromatic carbocycles. The third-order valence-electron chi connectivity index (χ3n) is 2.73. The van der Waals surface area contributed by atoms with Crippen LogP contribution < -0.4 is 0 Å². The van der Waals surface area contributed by atoms with Gasteiger partial charge in [0.05, 0.1) is 12.3 Å². The normalized spacial score (nSPS) is 10.9. The first-order valence-corrected chi connectivity index (χ1v) is 6.18. The van der Waals surface area contributed by atoms with Crippen LogP contribution in [-0.2, 0) is 13.0 Å². The van der Waals surface area contributed by atoms with E-state index in [9.17, 15) is 9.50 Å². The van der Waals surface area contributed by atoms with Gasteiger partial charge in [0.15, 0.2) is 0 Å². The van der Waals surface area contributed by atoms with E-state index in [1.807, 2.05) is 6.92 Å². The fourth-order valence-corrected chi connectivity index (χ4v) is 2.15. The number of nitrogens with zero attached hydrogens (tertiary/aromatic N) is 2. The number of aliphatic hydroxyl groups excluding tert-OH is 1. The highest BCUT2D eigenvalue weighted by atomic mass is 35.5. The lowest BCUT2D eigenvalue weighted by Gasteiger charge is -2.04. The van der Waals surface area contributed by atoms with Crippen molar-refractivity contribution in [3.63, 3.8) is 0 Å². The van der Waals surface area contributed by atoms with Crippen molar-refractivity contribution >= 4 is 11.6 Å². The summed E-state index contributed by atoms with van der Waals surface area (Å²) in [5.41, 5.74) is 1.58. The Hall–Kier alpha value is -1.39. The minimum atomic E-state index is -0.394. The van der Waals surface area contributed by atoms with Gasteiger partial charge in [0, 0.05) is 5.56 Å². The van der Waals surface area contributed by atoms with E-state index in [-0.39, 0.29) is 11.8 Å². The lowest BCUT2D eigenvalue weighted by Crippen LogP contribution is -2.00. The van der Waals surface area contributed by atoms with Crippen molar-refractivity contribution in [3.05, 3.63) is 46.5 Å². The van der Waals surface area contributed by atoms with E-state index in [1.165, 1.54) is 10.7 Å². The second-order valence-electron chi connectivity index (χ2n) is 3.99. The minimum Gasteiger partial charge on any atom is -0.391 e. The van der Waals surface area contributed by atoms with Crippen LogP contribution in [0.2, 0.25) is 5.15 Å². The number of aliphatic hydroxyl groups is 1. The number of aromatic nitrogens is 2. The van der Waals surface area contributed by atoms with Crippen LogP contribution in [0.1, 0.15) is 24.6 Å². The van der Waals surface area contributed by atoms with E-state index >= 15 is 0 Å². The zero-order valence-electron chi connectivity index (χ0n) is 10.0. The molecule has 0 amide bonds. The number of halogens is 2. The summed E-state index contributed by atoms with van der Waals surface area (Å²) in [4.78, 5) is 0. The third-order valence-corrected chi connectivity index (χ3v) is 3.12. The lowest BCUT2D eigenvalue weighted by atomic mass is 10.2. The SMILES string of the molecule is CCCc1nn(-c2ccccc2F)c(Cl)c1CO. The second kappa shape index (κ2) is 5.50. The Balaban J connectivity index is 2.55. The Labute approximate surface area is 110 Å². The first-order valence-electron chi connectivity index (χ1n) is 5.81. The molecule has 0 atom stereocenters. The molecule has 0 spiro atoms. The van der Waals surface area contributed by atoms with Crippen LogP contribution in [0.15, 0.2) is 24.3 Å². The molecule has 0 aliphatic heterocycles. The van der Waals surface area contributed by atoms with Gasteiger partial charge >= 0.3 is 0 Å². The molecule has 1 N–H and O–H groups in total. The number of para-hydroxylation sites is 1. The fourth-order valence-electron chi connectivity index (χ4n) is 1.85. The van der Waals surface area contributed by atoms with Gasteiger partial charge in [-0.1, -0.05) is 37.1 Å². The molecule has 3 nitrogen and oxygen atoms in total. The molecule has 2 rings (SSSR count). The number of benzene rings is 1. The largest absolute Gasteiger partial charge is 0.391 e.